The quantitative estimate of drug-likeness (QED) is 0.704. The van der Waals surface area contributed by atoms with Crippen molar-refractivity contribution in [3.8, 4) is 5.95 Å². The first-order chi connectivity index (χ1) is 4.84. The molecule has 0 radical (unpaired) electrons. The zero-order valence-electron chi connectivity index (χ0n) is 5.57. The van der Waals surface area contributed by atoms with Crippen LogP contribution in [0.15, 0.2) is 4.52 Å². The van der Waals surface area contributed by atoms with Crippen molar-refractivity contribution in [1.82, 2.24) is 10.4 Å². The molecule has 10 heavy (non-hydrogen) atoms. The van der Waals surface area contributed by atoms with Gasteiger partial charge in [-0.15, -0.1) is 5.10 Å². The van der Waals surface area contributed by atoms with Gasteiger partial charge in [-0.05, 0) is 12.0 Å². The van der Waals surface area contributed by atoms with Crippen LogP contribution >= 0.6 is 11.8 Å². The Hall–Kier alpha value is -0.710. The Kier molecular flexibility index (Phi) is 2.56. The van der Waals surface area contributed by atoms with Gasteiger partial charge < -0.3 is 5.11 Å². The lowest BCUT2D eigenvalue weighted by molar-refractivity contribution is 0.268. The molecule has 56 valence electrons. The third-order valence-electron chi connectivity index (χ3n) is 1.08. The number of thioether (sulfide) groups is 1. The van der Waals surface area contributed by atoms with Gasteiger partial charge in [0.25, 0.3) is 0 Å². The van der Waals surface area contributed by atoms with Crippen molar-refractivity contribution in [2.24, 2.45) is 0 Å². The Morgan fingerprint density at radius 2 is 2.50 bits per heavy atom. The standard InChI is InChI=1S/C5H8N2O2S/c1-10-3-2-4-5(8)9-7-6-4/h8H,2-3H2,1H3. The van der Waals surface area contributed by atoms with E-state index in [1.165, 1.54) is 0 Å². The molecule has 0 atom stereocenters. The van der Waals surface area contributed by atoms with Gasteiger partial charge in [-0.2, -0.15) is 11.8 Å². The maximum Gasteiger partial charge on any atom is 0.332 e. The third kappa shape index (κ3) is 1.63. The molecule has 1 heterocycles. The molecule has 1 aromatic rings. The number of aromatic nitrogens is 2. The van der Waals surface area contributed by atoms with Crippen molar-refractivity contribution in [2.75, 3.05) is 12.0 Å². The highest BCUT2D eigenvalue weighted by Crippen LogP contribution is 2.13. The SMILES string of the molecule is CSCCc1nnoc1O. The molecule has 0 aliphatic heterocycles. The van der Waals surface area contributed by atoms with E-state index in [0.29, 0.717) is 12.1 Å². The van der Waals surface area contributed by atoms with Crippen LogP contribution in [0, 0.1) is 0 Å². The van der Waals surface area contributed by atoms with E-state index in [9.17, 15) is 0 Å². The highest BCUT2D eigenvalue weighted by molar-refractivity contribution is 7.98. The average Bonchev–Trinajstić information content (AvgIpc) is 2.31. The minimum absolute atomic E-state index is 0.158. The summed E-state index contributed by atoms with van der Waals surface area (Å²) in [7, 11) is 0. The van der Waals surface area contributed by atoms with Crippen molar-refractivity contribution < 1.29 is 9.63 Å². The highest BCUT2D eigenvalue weighted by atomic mass is 32.2. The van der Waals surface area contributed by atoms with E-state index in [2.05, 4.69) is 14.9 Å². The van der Waals surface area contributed by atoms with Gasteiger partial charge in [0.1, 0.15) is 5.69 Å². The van der Waals surface area contributed by atoms with Gasteiger partial charge in [0, 0.05) is 11.7 Å². The fourth-order valence-corrected chi connectivity index (χ4v) is 0.957. The van der Waals surface area contributed by atoms with Gasteiger partial charge in [0.2, 0.25) is 0 Å². The number of hydrogen-bond acceptors (Lipinski definition) is 5. The van der Waals surface area contributed by atoms with E-state index < -0.39 is 0 Å². The molecule has 0 aromatic carbocycles. The molecule has 0 aliphatic carbocycles. The Morgan fingerprint density at radius 3 is 3.00 bits per heavy atom. The molecular weight excluding hydrogens is 152 g/mol. The summed E-state index contributed by atoms with van der Waals surface area (Å²) in [6.45, 7) is 0. The predicted octanol–water partition coefficient (Wildman–Crippen LogP) is 0.681. The van der Waals surface area contributed by atoms with Crippen LogP contribution in [0.1, 0.15) is 5.69 Å². The van der Waals surface area contributed by atoms with Crippen LogP contribution in [0.25, 0.3) is 0 Å². The minimum Gasteiger partial charge on any atom is -0.478 e. The van der Waals surface area contributed by atoms with Crippen LogP contribution in [-0.2, 0) is 6.42 Å². The summed E-state index contributed by atoms with van der Waals surface area (Å²) in [5, 5.41) is 15.6. The average molecular weight is 160 g/mol. The lowest BCUT2D eigenvalue weighted by Gasteiger charge is -1.89. The Labute approximate surface area is 62.6 Å². The molecule has 4 nitrogen and oxygen atoms in total. The molecule has 5 heteroatoms. The van der Waals surface area contributed by atoms with Crippen molar-refractivity contribution in [3.63, 3.8) is 0 Å². The van der Waals surface area contributed by atoms with E-state index in [-0.39, 0.29) is 5.95 Å². The summed E-state index contributed by atoms with van der Waals surface area (Å²) >= 11 is 1.69. The van der Waals surface area contributed by atoms with Crippen molar-refractivity contribution >= 4 is 11.8 Å². The molecule has 1 N–H and O–H groups in total. The van der Waals surface area contributed by atoms with Crippen molar-refractivity contribution in [3.05, 3.63) is 5.69 Å². The summed E-state index contributed by atoms with van der Waals surface area (Å²) in [5.41, 5.74) is 0.536. The Bertz CT molecular complexity index is 201. The first-order valence-electron chi connectivity index (χ1n) is 2.83. The van der Waals surface area contributed by atoms with Crippen LogP contribution in [0.3, 0.4) is 0 Å². The summed E-state index contributed by atoms with van der Waals surface area (Å²) < 4.78 is 4.35. The first-order valence-corrected chi connectivity index (χ1v) is 4.23. The second-order valence-electron chi connectivity index (χ2n) is 1.77. The Morgan fingerprint density at radius 1 is 1.70 bits per heavy atom. The molecule has 0 saturated heterocycles. The smallest absolute Gasteiger partial charge is 0.332 e. The van der Waals surface area contributed by atoms with E-state index in [0.717, 1.165) is 5.75 Å². The van der Waals surface area contributed by atoms with E-state index in [4.69, 9.17) is 5.11 Å². The monoisotopic (exact) mass is 160 g/mol. The summed E-state index contributed by atoms with van der Waals surface area (Å²) in [4.78, 5) is 0. The minimum atomic E-state index is -0.158. The fourth-order valence-electron chi connectivity index (χ4n) is 0.559. The van der Waals surface area contributed by atoms with Crippen LogP contribution in [-0.4, -0.2) is 27.5 Å². The molecule has 0 fully saturated rings. The van der Waals surface area contributed by atoms with Crippen LogP contribution in [0.5, 0.6) is 5.95 Å². The zero-order chi connectivity index (χ0) is 7.40. The fraction of sp³-hybridized carbons (Fsp3) is 0.600. The molecule has 0 spiro atoms. The molecular formula is C5H8N2O2S. The van der Waals surface area contributed by atoms with Crippen LogP contribution in [0.4, 0.5) is 0 Å². The second-order valence-corrected chi connectivity index (χ2v) is 2.75. The molecule has 0 aliphatic rings. The molecule has 0 amide bonds. The van der Waals surface area contributed by atoms with Crippen LogP contribution < -0.4 is 0 Å². The maximum atomic E-state index is 8.88. The normalized spacial score (nSPS) is 10.1. The summed E-state index contributed by atoms with van der Waals surface area (Å²) in [6.07, 6.45) is 2.70. The van der Waals surface area contributed by atoms with E-state index in [1.807, 2.05) is 6.26 Å². The number of aromatic hydroxyl groups is 1. The maximum absolute atomic E-state index is 8.88. The number of rotatable bonds is 3. The van der Waals surface area contributed by atoms with Gasteiger partial charge in [-0.25, -0.2) is 0 Å². The van der Waals surface area contributed by atoms with Gasteiger partial charge in [0.05, 0.1) is 0 Å². The molecule has 0 unspecified atom stereocenters. The molecule has 0 bridgehead atoms. The lowest BCUT2D eigenvalue weighted by Crippen LogP contribution is -1.88. The number of nitrogens with zero attached hydrogens (tertiary/aromatic N) is 2. The van der Waals surface area contributed by atoms with E-state index in [1.54, 1.807) is 11.8 Å². The van der Waals surface area contributed by atoms with Gasteiger partial charge in [-0.3, -0.25) is 4.52 Å². The number of hydrogen-bond donors (Lipinski definition) is 1. The lowest BCUT2D eigenvalue weighted by atomic mass is 10.4. The molecule has 1 rings (SSSR count). The van der Waals surface area contributed by atoms with Crippen LogP contribution in [0.2, 0.25) is 0 Å². The van der Waals surface area contributed by atoms with E-state index >= 15 is 0 Å². The predicted molar refractivity (Wildman–Crippen MR) is 38.0 cm³/mol. The Balaban J connectivity index is 2.49. The summed E-state index contributed by atoms with van der Waals surface area (Å²) in [5.74, 6) is 0.760. The second kappa shape index (κ2) is 3.46. The highest BCUT2D eigenvalue weighted by Gasteiger charge is 2.05. The number of aryl methyl sites for hydroxylation is 1. The van der Waals surface area contributed by atoms with Gasteiger partial charge in [0.15, 0.2) is 0 Å². The molecule has 1 aromatic heterocycles. The topological polar surface area (TPSA) is 59.2 Å². The third-order valence-corrected chi connectivity index (χ3v) is 1.69. The largest absolute Gasteiger partial charge is 0.478 e. The first kappa shape index (κ1) is 7.40. The summed E-state index contributed by atoms with van der Waals surface area (Å²) in [6, 6.07) is 0. The zero-order valence-corrected chi connectivity index (χ0v) is 6.39. The van der Waals surface area contributed by atoms with Crippen molar-refractivity contribution in [1.29, 1.82) is 0 Å². The van der Waals surface area contributed by atoms with Crippen molar-refractivity contribution in [2.45, 2.75) is 6.42 Å². The molecule has 0 saturated carbocycles. The van der Waals surface area contributed by atoms with Gasteiger partial charge >= 0.3 is 5.95 Å². The van der Waals surface area contributed by atoms with Gasteiger partial charge in [-0.1, -0.05) is 0 Å².